The minimum absolute atomic E-state index is 0.0712. The van der Waals surface area contributed by atoms with E-state index in [1.807, 2.05) is 0 Å². The fourth-order valence-electron chi connectivity index (χ4n) is 0.995. The molecule has 0 spiro atoms. The van der Waals surface area contributed by atoms with Gasteiger partial charge in [0.15, 0.2) is 0 Å². The first-order chi connectivity index (χ1) is 6.09. The van der Waals surface area contributed by atoms with Crippen molar-refractivity contribution in [3.8, 4) is 0 Å². The highest BCUT2D eigenvalue weighted by atomic mass is 35.5. The fraction of sp³-hybridized carbons (Fsp3) is 0.333. The summed E-state index contributed by atoms with van der Waals surface area (Å²) in [6.45, 7) is 0. The Morgan fingerprint density at radius 3 is 2.62 bits per heavy atom. The summed E-state index contributed by atoms with van der Waals surface area (Å²) in [5, 5.41) is 9.36. The maximum absolute atomic E-state index is 11.9. The van der Waals surface area contributed by atoms with E-state index in [9.17, 15) is 8.78 Å². The highest BCUT2D eigenvalue weighted by Gasteiger charge is 2.16. The Morgan fingerprint density at radius 2 is 2.08 bits per heavy atom. The first-order valence-electron chi connectivity index (χ1n) is 3.80. The van der Waals surface area contributed by atoms with Crippen LogP contribution < -0.4 is 0 Å². The molecule has 1 atom stereocenters. The Morgan fingerprint density at radius 1 is 1.38 bits per heavy atom. The molecule has 1 N–H and O–H groups in total. The van der Waals surface area contributed by atoms with Crippen LogP contribution in [0.2, 0.25) is 5.02 Å². The zero-order valence-corrected chi connectivity index (χ0v) is 7.51. The normalized spacial score (nSPS) is 13.3. The molecule has 0 fully saturated rings. The SMILES string of the molecule is OC(Cc1cccc(Cl)c1)C(F)F. The highest BCUT2D eigenvalue weighted by molar-refractivity contribution is 6.30. The average Bonchev–Trinajstić information content (AvgIpc) is 2.04. The zero-order chi connectivity index (χ0) is 9.84. The summed E-state index contributed by atoms with van der Waals surface area (Å²) in [5.41, 5.74) is 0.611. The molecule has 1 rings (SSSR count). The van der Waals surface area contributed by atoms with Gasteiger partial charge < -0.3 is 5.11 Å². The van der Waals surface area contributed by atoms with Crippen molar-refractivity contribution in [2.45, 2.75) is 19.0 Å². The number of aliphatic hydroxyl groups excluding tert-OH is 1. The Hall–Kier alpha value is -0.670. The van der Waals surface area contributed by atoms with Gasteiger partial charge in [-0.05, 0) is 17.7 Å². The molecule has 13 heavy (non-hydrogen) atoms. The topological polar surface area (TPSA) is 20.2 Å². The Labute approximate surface area is 80.0 Å². The third-order valence-electron chi connectivity index (χ3n) is 1.62. The lowest BCUT2D eigenvalue weighted by Gasteiger charge is -2.08. The number of hydrogen-bond acceptors (Lipinski definition) is 1. The molecular formula is C9H9ClF2O. The molecule has 0 amide bonds. The summed E-state index contributed by atoms with van der Waals surface area (Å²) in [4.78, 5) is 0. The van der Waals surface area contributed by atoms with Crippen molar-refractivity contribution in [1.82, 2.24) is 0 Å². The maximum Gasteiger partial charge on any atom is 0.264 e. The van der Waals surface area contributed by atoms with E-state index >= 15 is 0 Å². The van der Waals surface area contributed by atoms with E-state index in [0.717, 1.165) is 0 Å². The van der Waals surface area contributed by atoms with Crippen LogP contribution in [0, 0.1) is 0 Å². The molecular weight excluding hydrogens is 198 g/mol. The standard InChI is InChI=1S/C9H9ClF2O/c10-7-3-1-2-6(4-7)5-8(13)9(11)12/h1-4,8-9,13H,5H2. The maximum atomic E-state index is 11.9. The minimum atomic E-state index is -2.71. The van der Waals surface area contributed by atoms with Crippen LogP contribution >= 0.6 is 11.6 Å². The van der Waals surface area contributed by atoms with Gasteiger partial charge in [-0.2, -0.15) is 0 Å². The van der Waals surface area contributed by atoms with Gasteiger partial charge in [0.05, 0.1) is 0 Å². The van der Waals surface area contributed by atoms with E-state index in [1.54, 1.807) is 24.3 Å². The van der Waals surface area contributed by atoms with E-state index in [4.69, 9.17) is 16.7 Å². The van der Waals surface area contributed by atoms with Crippen molar-refractivity contribution in [3.05, 3.63) is 34.9 Å². The molecule has 0 aliphatic heterocycles. The van der Waals surface area contributed by atoms with Gasteiger partial charge in [-0.15, -0.1) is 0 Å². The van der Waals surface area contributed by atoms with Crippen molar-refractivity contribution >= 4 is 11.6 Å². The minimum Gasteiger partial charge on any atom is -0.387 e. The number of halogens is 3. The third kappa shape index (κ3) is 3.28. The lowest BCUT2D eigenvalue weighted by molar-refractivity contribution is -0.00365. The number of alkyl halides is 2. The monoisotopic (exact) mass is 206 g/mol. The van der Waals surface area contributed by atoms with Gasteiger partial charge in [0.25, 0.3) is 6.43 Å². The molecule has 1 aromatic carbocycles. The van der Waals surface area contributed by atoms with E-state index in [-0.39, 0.29) is 6.42 Å². The van der Waals surface area contributed by atoms with Crippen LogP contribution in [-0.2, 0) is 6.42 Å². The summed E-state index contributed by atoms with van der Waals surface area (Å²) < 4.78 is 23.9. The molecule has 0 saturated heterocycles. The van der Waals surface area contributed by atoms with Gasteiger partial charge >= 0.3 is 0 Å². The Bertz CT molecular complexity index is 278. The first kappa shape index (κ1) is 10.4. The lowest BCUT2D eigenvalue weighted by Crippen LogP contribution is -2.19. The van der Waals surface area contributed by atoms with Gasteiger partial charge in [0.1, 0.15) is 6.10 Å². The summed E-state index contributed by atoms with van der Waals surface area (Å²) in [7, 11) is 0. The molecule has 0 bridgehead atoms. The molecule has 1 aromatic rings. The van der Waals surface area contributed by atoms with E-state index in [2.05, 4.69) is 0 Å². The van der Waals surface area contributed by atoms with Gasteiger partial charge in [0.2, 0.25) is 0 Å². The van der Waals surface area contributed by atoms with E-state index in [0.29, 0.717) is 10.6 Å². The van der Waals surface area contributed by atoms with Crippen molar-refractivity contribution in [2.24, 2.45) is 0 Å². The molecule has 0 saturated carbocycles. The van der Waals surface area contributed by atoms with Crippen LogP contribution in [0.5, 0.6) is 0 Å². The average molecular weight is 207 g/mol. The third-order valence-corrected chi connectivity index (χ3v) is 1.86. The summed E-state index contributed by atoms with van der Waals surface area (Å²) >= 11 is 5.64. The Balaban J connectivity index is 2.64. The molecule has 0 heterocycles. The van der Waals surface area contributed by atoms with Crippen molar-refractivity contribution in [3.63, 3.8) is 0 Å². The first-order valence-corrected chi connectivity index (χ1v) is 4.18. The fourth-order valence-corrected chi connectivity index (χ4v) is 1.21. The largest absolute Gasteiger partial charge is 0.387 e. The second kappa shape index (κ2) is 4.53. The summed E-state index contributed by atoms with van der Waals surface area (Å²) in [6.07, 6.45) is -4.39. The van der Waals surface area contributed by atoms with Crippen molar-refractivity contribution < 1.29 is 13.9 Å². The molecule has 0 aromatic heterocycles. The number of hydrogen-bond donors (Lipinski definition) is 1. The van der Waals surface area contributed by atoms with Gasteiger partial charge in [0, 0.05) is 11.4 Å². The van der Waals surface area contributed by atoms with Crippen LogP contribution in [-0.4, -0.2) is 17.6 Å². The van der Waals surface area contributed by atoms with E-state index in [1.165, 1.54) is 0 Å². The van der Waals surface area contributed by atoms with Gasteiger partial charge in [-0.1, -0.05) is 23.7 Å². The second-order valence-corrected chi connectivity index (χ2v) is 3.17. The number of rotatable bonds is 3. The summed E-state index contributed by atoms with van der Waals surface area (Å²) in [6, 6.07) is 6.53. The van der Waals surface area contributed by atoms with Crippen LogP contribution in [0.3, 0.4) is 0 Å². The molecule has 0 aliphatic rings. The molecule has 0 aliphatic carbocycles. The smallest absolute Gasteiger partial charge is 0.264 e. The molecule has 0 radical (unpaired) electrons. The molecule has 72 valence electrons. The lowest BCUT2D eigenvalue weighted by atomic mass is 10.1. The Kier molecular flexibility index (Phi) is 3.63. The van der Waals surface area contributed by atoms with Gasteiger partial charge in [-0.25, -0.2) is 8.78 Å². The molecule has 4 heteroatoms. The van der Waals surface area contributed by atoms with Crippen molar-refractivity contribution in [1.29, 1.82) is 0 Å². The van der Waals surface area contributed by atoms with Crippen LogP contribution in [0.15, 0.2) is 24.3 Å². The number of benzene rings is 1. The van der Waals surface area contributed by atoms with Crippen LogP contribution in [0.1, 0.15) is 5.56 Å². The second-order valence-electron chi connectivity index (χ2n) is 2.74. The summed E-state index contributed by atoms with van der Waals surface area (Å²) in [5.74, 6) is 0. The highest BCUT2D eigenvalue weighted by Crippen LogP contribution is 2.14. The predicted molar refractivity (Wildman–Crippen MR) is 47.2 cm³/mol. The van der Waals surface area contributed by atoms with Crippen molar-refractivity contribution in [2.75, 3.05) is 0 Å². The van der Waals surface area contributed by atoms with Crippen LogP contribution in [0.4, 0.5) is 8.78 Å². The van der Waals surface area contributed by atoms with Gasteiger partial charge in [-0.3, -0.25) is 0 Å². The number of aliphatic hydroxyl groups is 1. The zero-order valence-electron chi connectivity index (χ0n) is 6.75. The quantitative estimate of drug-likeness (QED) is 0.806. The molecule has 1 nitrogen and oxygen atoms in total. The predicted octanol–water partition coefficient (Wildman–Crippen LogP) is 2.51. The molecule has 1 unspecified atom stereocenters. The van der Waals surface area contributed by atoms with Crippen LogP contribution in [0.25, 0.3) is 0 Å². The van der Waals surface area contributed by atoms with E-state index < -0.39 is 12.5 Å².